The quantitative estimate of drug-likeness (QED) is 0.214. The fraction of sp³-hybridized carbons (Fsp3) is 0.0769. The van der Waals surface area contributed by atoms with Crippen molar-refractivity contribution >= 4 is 52.1 Å². The lowest BCUT2D eigenvalue weighted by atomic mass is 9.91. The van der Waals surface area contributed by atoms with E-state index in [9.17, 15) is 14.4 Å². The summed E-state index contributed by atoms with van der Waals surface area (Å²) in [5.74, 6) is -1.59. The molecule has 0 bridgehead atoms. The molecule has 1 aromatic heterocycles. The van der Waals surface area contributed by atoms with Crippen molar-refractivity contribution < 1.29 is 9.18 Å². The predicted octanol–water partition coefficient (Wildman–Crippen LogP) is 5.97. The number of nitrogens with one attached hydrogen (secondary N) is 3. The number of benzene rings is 3. The van der Waals surface area contributed by atoms with Crippen LogP contribution in [0.1, 0.15) is 33.0 Å². The molecule has 1 amide bonds. The van der Waals surface area contributed by atoms with Crippen molar-refractivity contribution in [3.05, 3.63) is 105 Å². The number of carbonyl (C=O) groups is 1. The molecule has 1 heterocycles. The Morgan fingerprint density at radius 2 is 1.78 bits per heavy atom. The molecule has 0 saturated carbocycles. The van der Waals surface area contributed by atoms with Gasteiger partial charge in [0.05, 0.1) is 17.6 Å². The van der Waals surface area contributed by atoms with Crippen molar-refractivity contribution in [3.8, 4) is 6.07 Å². The van der Waals surface area contributed by atoms with E-state index in [4.69, 9.17) is 28.9 Å². The van der Waals surface area contributed by atoms with Crippen LogP contribution >= 0.6 is 23.2 Å². The van der Waals surface area contributed by atoms with Crippen molar-refractivity contribution in [3.63, 3.8) is 0 Å². The van der Waals surface area contributed by atoms with E-state index < -0.39 is 17.6 Å². The molecular formula is C26H20Cl2FN7O. The number of halogens is 3. The van der Waals surface area contributed by atoms with Gasteiger partial charge in [0, 0.05) is 15.7 Å². The third-order valence-electron chi connectivity index (χ3n) is 5.54. The van der Waals surface area contributed by atoms with Crippen LogP contribution in [-0.2, 0) is 0 Å². The minimum Gasteiger partial charge on any atom is -0.393 e. The summed E-state index contributed by atoms with van der Waals surface area (Å²) >= 11 is 12.6. The van der Waals surface area contributed by atoms with Crippen molar-refractivity contribution in [1.82, 2.24) is 15.4 Å². The van der Waals surface area contributed by atoms with Gasteiger partial charge in [-0.1, -0.05) is 53.5 Å². The number of hydrazine groups is 1. The van der Waals surface area contributed by atoms with Crippen LogP contribution in [0.4, 0.5) is 27.4 Å². The Morgan fingerprint density at radius 3 is 2.49 bits per heavy atom. The monoisotopic (exact) mass is 535 g/mol. The molecular weight excluding hydrogens is 516 g/mol. The summed E-state index contributed by atoms with van der Waals surface area (Å²) in [4.78, 5) is 20.5. The molecule has 0 saturated heterocycles. The number of hydrogen-bond acceptors (Lipinski definition) is 7. The number of rotatable bonds is 7. The van der Waals surface area contributed by atoms with Gasteiger partial charge in [-0.2, -0.15) is 5.26 Å². The Labute approximate surface area is 222 Å². The molecule has 0 fully saturated rings. The average molecular weight is 536 g/mol. The standard InChI is InChI=1S/C26H20Cl2FN7O/c1-14-10-18(19(12-30)15-6-8-16(27)9-7-15)20(28)11-22(14)34-24-23(31)25(33-13-32-24)35-36-26(37)17-4-2-3-5-21(17)29/h2-11,13,19H,31H2,1H3,(H,36,37)(H2,32,33,34,35). The first-order chi connectivity index (χ1) is 17.8. The third kappa shape index (κ3) is 5.72. The lowest BCUT2D eigenvalue weighted by Gasteiger charge is -2.17. The van der Waals surface area contributed by atoms with E-state index in [1.54, 1.807) is 36.4 Å². The number of hydrogen-bond donors (Lipinski definition) is 4. The van der Waals surface area contributed by atoms with Crippen LogP contribution in [0.25, 0.3) is 0 Å². The second-order valence-electron chi connectivity index (χ2n) is 7.97. The van der Waals surface area contributed by atoms with Gasteiger partial charge in [-0.25, -0.2) is 14.4 Å². The number of nitrogens with zero attached hydrogens (tertiary/aromatic N) is 3. The number of nitrogen functional groups attached to an aromatic ring is 1. The van der Waals surface area contributed by atoms with Crippen molar-refractivity contribution in [2.75, 3.05) is 16.5 Å². The highest BCUT2D eigenvalue weighted by molar-refractivity contribution is 6.32. The van der Waals surface area contributed by atoms with Gasteiger partial charge in [0.25, 0.3) is 5.91 Å². The van der Waals surface area contributed by atoms with E-state index in [0.717, 1.165) is 11.1 Å². The summed E-state index contributed by atoms with van der Waals surface area (Å²) in [6, 6.07) is 18.4. The Morgan fingerprint density at radius 1 is 1.08 bits per heavy atom. The first-order valence-electron chi connectivity index (χ1n) is 10.9. The fourth-order valence-electron chi connectivity index (χ4n) is 3.59. The summed E-state index contributed by atoms with van der Waals surface area (Å²) < 4.78 is 13.9. The molecule has 4 aromatic rings. The van der Waals surface area contributed by atoms with Gasteiger partial charge in [-0.3, -0.25) is 15.6 Å². The van der Waals surface area contributed by atoms with E-state index in [2.05, 4.69) is 32.2 Å². The SMILES string of the molecule is Cc1cc(C(C#N)c2ccc(Cl)cc2)c(Cl)cc1Nc1ncnc(NNC(=O)c2ccccc2F)c1N. The largest absolute Gasteiger partial charge is 0.393 e. The lowest BCUT2D eigenvalue weighted by molar-refractivity contribution is 0.0958. The maximum absolute atomic E-state index is 13.9. The first kappa shape index (κ1) is 25.7. The summed E-state index contributed by atoms with van der Waals surface area (Å²) in [5, 5.41) is 13.9. The molecule has 1 unspecified atom stereocenters. The van der Waals surface area contributed by atoms with Gasteiger partial charge in [0.15, 0.2) is 11.6 Å². The molecule has 3 aromatic carbocycles. The van der Waals surface area contributed by atoms with Gasteiger partial charge < -0.3 is 11.1 Å². The van der Waals surface area contributed by atoms with Crippen LogP contribution in [0.15, 0.2) is 67.0 Å². The van der Waals surface area contributed by atoms with E-state index in [1.807, 2.05) is 13.0 Å². The predicted molar refractivity (Wildman–Crippen MR) is 142 cm³/mol. The molecule has 186 valence electrons. The van der Waals surface area contributed by atoms with Crippen LogP contribution in [0.3, 0.4) is 0 Å². The van der Waals surface area contributed by atoms with Crippen molar-refractivity contribution in [2.24, 2.45) is 0 Å². The van der Waals surface area contributed by atoms with E-state index in [1.165, 1.54) is 24.5 Å². The zero-order valence-corrected chi connectivity index (χ0v) is 20.9. The summed E-state index contributed by atoms with van der Waals surface area (Å²) in [7, 11) is 0. The highest BCUT2D eigenvalue weighted by Crippen LogP contribution is 2.36. The summed E-state index contributed by atoms with van der Waals surface area (Å²) in [6.07, 6.45) is 1.24. The highest BCUT2D eigenvalue weighted by atomic mass is 35.5. The molecule has 1 atom stereocenters. The fourth-order valence-corrected chi connectivity index (χ4v) is 3.99. The molecule has 37 heavy (non-hydrogen) atoms. The topological polar surface area (TPSA) is 129 Å². The van der Waals surface area contributed by atoms with Gasteiger partial charge in [-0.15, -0.1) is 0 Å². The Kier molecular flexibility index (Phi) is 7.72. The van der Waals surface area contributed by atoms with Crippen LogP contribution in [0, 0.1) is 24.1 Å². The van der Waals surface area contributed by atoms with Crippen LogP contribution in [0.2, 0.25) is 10.0 Å². The number of nitriles is 1. The molecule has 0 aliphatic rings. The molecule has 0 aliphatic heterocycles. The molecule has 0 spiro atoms. The number of carbonyl (C=O) groups excluding carboxylic acids is 1. The second kappa shape index (κ2) is 11.1. The van der Waals surface area contributed by atoms with Gasteiger partial charge in [-0.05, 0) is 53.9 Å². The van der Waals surface area contributed by atoms with Gasteiger partial charge in [0.1, 0.15) is 17.8 Å². The van der Waals surface area contributed by atoms with E-state index in [-0.39, 0.29) is 22.9 Å². The maximum atomic E-state index is 13.9. The Hall–Kier alpha value is -4.39. The number of amides is 1. The highest BCUT2D eigenvalue weighted by Gasteiger charge is 2.19. The Balaban J connectivity index is 1.54. The Bertz CT molecular complexity index is 1510. The van der Waals surface area contributed by atoms with Crippen molar-refractivity contribution in [2.45, 2.75) is 12.8 Å². The molecule has 0 aliphatic carbocycles. The van der Waals surface area contributed by atoms with Crippen LogP contribution < -0.4 is 21.9 Å². The smallest absolute Gasteiger partial charge is 0.272 e. The first-order valence-corrected chi connectivity index (χ1v) is 11.7. The normalized spacial score (nSPS) is 11.3. The van der Waals surface area contributed by atoms with Crippen LogP contribution in [0.5, 0.6) is 0 Å². The zero-order chi connectivity index (χ0) is 26.5. The van der Waals surface area contributed by atoms with Crippen LogP contribution in [-0.4, -0.2) is 15.9 Å². The number of nitrogens with two attached hydrogens (primary N) is 1. The molecule has 8 nitrogen and oxygen atoms in total. The molecule has 0 radical (unpaired) electrons. The molecule has 11 heteroatoms. The summed E-state index contributed by atoms with van der Waals surface area (Å²) in [5.41, 5.74) is 13.9. The minimum atomic E-state index is -0.698. The third-order valence-corrected chi connectivity index (χ3v) is 6.12. The number of anilines is 4. The lowest BCUT2D eigenvalue weighted by Crippen LogP contribution is -2.31. The number of aromatic nitrogens is 2. The summed E-state index contributed by atoms with van der Waals surface area (Å²) in [6.45, 7) is 1.85. The van der Waals surface area contributed by atoms with E-state index >= 15 is 0 Å². The maximum Gasteiger partial charge on any atom is 0.272 e. The molecule has 5 N–H and O–H groups in total. The average Bonchev–Trinajstić information content (AvgIpc) is 2.88. The second-order valence-corrected chi connectivity index (χ2v) is 8.81. The molecule has 4 rings (SSSR count). The van der Waals surface area contributed by atoms with Gasteiger partial charge in [0.2, 0.25) is 0 Å². The van der Waals surface area contributed by atoms with E-state index in [0.29, 0.717) is 21.3 Å². The number of aryl methyl sites for hydroxylation is 1. The van der Waals surface area contributed by atoms with Gasteiger partial charge >= 0.3 is 0 Å². The zero-order valence-electron chi connectivity index (χ0n) is 19.4. The van der Waals surface area contributed by atoms with Crippen molar-refractivity contribution in [1.29, 1.82) is 5.26 Å². The minimum absolute atomic E-state index is 0.104.